The third-order valence-corrected chi connectivity index (χ3v) is 4.30. The van der Waals surface area contributed by atoms with E-state index in [1.54, 1.807) is 0 Å². The zero-order valence-corrected chi connectivity index (χ0v) is 7.72. The van der Waals surface area contributed by atoms with Gasteiger partial charge in [-0.2, -0.15) is 0 Å². The number of rotatable bonds is 0. The first-order chi connectivity index (χ1) is 5.89. The average molecular weight is 166 g/mol. The fourth-order valence-electron chi connectivity index (χ4n) is 3.75. The Kier molecular flexibility index (Phi) is 1.52. The van der Waals surface area contributed by atoms with Gasteiger partial charge in [0.25, 0.3) is 0 Å². The van der Waals surface area contributed by atoms with Crippen LogP contribution in [0.1, 0.15) is 44.9 Å². The maximum atomic E-state index is 6.06. The quantitative estimate of drug-likeness (QED) is 0.537. The van der Waals surface area contributed by atoms with Crippen molar-refractivity contribution in [3.05, 3.63) is 0 Å². The molecule has 1 heteroatoms. The molecule has 1 heterocycles. The van der Waals surface area contributed by atoms with Crippen LogP contribution in [0.4, 0.5) is 0 Å². The van der Waals surface area contributed by atoms with Crippen molar-refractivity contribution in [2.45, 2.75) is 50.5 Å². The van der Waals surface area contributed by atoms with Gasteiger partial charge in [-0.05, 0) is 56.8 Å². The van der Waals surface area contributed by atoms with Crippen molar-refractivity contribution < 1.29 is 4.74 Å². The van der Waals surface area contributed by atoms with Gasteiger partial charge >= 0.3 is 0 Å². The molecule has 1 spiro atoms. The van der Waals surface area contributed by atoms with E-state index in [9.17, 15) is 0 Å². The minimum Gasteiger partial charge on any atom is -0.375 e. The molecule has 0 radical (unpaired) electrons. The molecule has 2 bridgehead atoms. The van der Waals surface area contributed by atoms with Crippen molar-refractivity contribution in [2.75, 3.05) is 6.61 Å². The molecular formula is C11H18O. The van der Waals surface area contributed by atoms with Crippen molar-refractivity contribution in [3.63, 3.8) is 0 Å². The van der Waals surface area contributed by atoms with Crippen LogP contribution in [0.3, 0.4) is 0 Å². The maximum Gasteiger partial charge on any atom is 0.0713 e. The van der Waals surface area contributed by atoms with E-state index in [1.807, 2.05) is 0 Å². The SMILES string of the molecule is C1CCC2(CC3CCC2C3)OC1. The number of ether oxygens (including phenoxy) is 1. The highest BCUT2D eigenvalue weighted by Crippen LogP contribution is 2.55. The van der Waals surface area contributed by atoms with E-state index >= 15 is 0 Å². The van der Waals surface area contributed by atoms with E-state index in [-0.39, 0.29) is 0 Å². The predicted molar refractivity (Wildman–Crippen MR) is 48.0 cm³/mol. The number of fused-ring (bicyclic) bond motifs is 3. The first-order valence-electron chi connectivity index (χ1n) is 5.53. The molecule has 68 valence electrons. The minimum absolute atomic E-state index is 0.390. The van der Waals surface area contributed by atoms with Crippen LogP contribution in [0.2, 0.25) is 0 Å². The van der Waals surface area contributed by atoms with Gasteiger partial charge in [-0.1, -0.05) is 0 Å². The van der Waals surface area contributed by atoms with Gasteiger partial charge in [0.2, 0.25) is 0 Å². The Morgan fingerprint density at radius 3 is 2.75 bits per heavy atom. The van der Waals surface area contributed by atoms with E-state index in [1.165, 1.54) is 44.9 Å². The van der Waals surface area contributed by atoms with Gasteiger partial charge < -0.3 is 4.74 Å². The third-order valence-electron chi connectivity index (χ3n) is 4.30. The molecule has 2 saturated carbocycles. The molecule has 1 saturated heterocycles. The Bertz CT molecular complexity index is 181. The summed E-state index contributed by atoms with van der Waals surface area (Å²) in [6.07, 6.45) is 9.94. The zero-order valence-electron chi connectivity index (χ0n) is 7.72. The number of hydrogen-bond acceptors (Lipinski definition) is 1. The van der Waals surface area contributed by atoms with Crippen LogP contribution >= 0.6 is 0 Å². The summed E-state index contributed by atoms with van der Waals surface area (Å²) in [6, 6.07) is 0. The molecule has 12 heavy (non-hydrogen) atoms. The van der Waals surface area contributed by atoms with Crippen LogP contribution in [0, 0.1) is 11.8 Å². The van der Waals surface area contributed by atoms with Crippen LogP contribution in [0.15, 0.2) is 0 Å². The summed E-state index contributed by atoms with van der Waals surface area (Å²) >= 11 is 0. The summed E-state index contributed by atoms with van der Waals surface area (Å²) in [5, 5.41) is 0. The lowest BCUT2D eigenvalue weighted by Crippen LogP contribution is -2.41. The van der Waals surface area contributed by atoms with E-state index in [0.29, 0.717) is 5.60 Å². The van der Waals surface area contributed by atoms with Crippen LogP contribution in [0.5, 0.6) is 0 Å². The van der Waals surface area contributed by atoms with Crippen LogP contribution in [-0.2, 0) is 4.74 Å². The molecule has 1 nitrogen and oxygen atoms in total. The van der Waals surface area contributed by atoms with Gasteiger partial charge in [-0.25, -0.2) is 0 Å². The maximum absolute atomic E-state index is 6.06. The molecule has 2 aliphatic carbocycles. The average Bonchev–Trinajstić information content (AvgIpc) is 2.65. The van der Waals surface area contributed by atoms with E-state index in [0.717, 1.165) is 18.4 Å². The molecule has 0 N–H and O–H groups in total. The highest BCUT2D eigenvalue weighted by atomic mass is 16.5. The molecule has 0 amide bonds. The first kappa shape index (κ1) is 7.37. The normalized spacial score (nSPS) is 52.0. The Morgan fingerprint density at radius 1 is 1.17 bits per heavy atom. The van der Waals surface area contributed by atoms with Gasteiger partial charge in [0, 0.05) is 6.61 Å². The van der Waals surface area contributed by atoms with Crippen molar-refractivity contribution >= 4 is 0 Å². The first-order valence-corrected chi connectivity index (χ1v) is 5.53. The molecule has 0 aromatic heterocycles. The fraction of sp³-hybridized carbons (Fsp3) is 1.00. The third kappa shape index (κ3) is 0.891. The van der Waals surface area contributed by atoms with E-state index in [2.05, 4.69) is 0 Å². The fourth-order valence-corrected chi connectivity index (χ4v) is 3.75. The second-order valence-electron chi connectivity index (χ2n) is 4.95. The molecule has 1 aliphatic heterocycles. The lowest BCUT2D eigenvalue weighted by atomic mass is 9.79. The molecule has 3 atom stereocenters. The van der Waals surface area contributed by atoms with Gasteiger partial charge in [0.05, 0.1) is 5.60 Å². The largest absolute Gasteiger partial charge is 0.375 e. The summed E-state index contributed by atoms with van der Waals surface area (Å²) in [6.45, 7) is 1.04. The molecule has 3 aliphatic rings. The molecule has 0 aromatic carbocycles. The van der Waals surface area contributed by atoms with Gasteiger partial charge in [-0.15, -0.1) is 0 Å². The smallest absolute Gasteiger partial charge is 0.0713 e. The van der Waals surface area contributed by atoms with Crippen molar-refractivity contribution in [2.24, 2.45) is 11.8 Å². The molecule has 3 fully saturated rings. The Hall–Kier alpha value is -0.0400. The predicted octanol–water partition coefficient (Wildman–Crippen LogP) is 2.75. The number of hydrogen-bond donors (Lipinski definition) is 0. The summed E-state index contributed by atoms with van der Waals surface area (Å²) in [7, 11) is 0. The molecule has 3 rings (SSSR count). The van der Waals surface area contributed by atoms with Crippen molar-refractivity contribution in [1.29, 1.82) is 0 Å². The molecule has 0 aromatic rings. The lowest BCUT2D eigenvalue weighted by molar-refractivity contribution is -0.112. The van der Waals surface area contributed by atoms with Crippen LogP contribution in [-0.4, -0.2) is 12.2 Å². The van der Waals surface area contributed by atoms with Gasteiger partial charge in [0.15, 0.2) is 0 Å². The topological polar surface area (TPSA) is 9.23 Å². The lowest BCUT2D eigenvalue weighted by Gasteiger charge is -2.40. The second kappa shape index (κ2) is 2.47. The second-order valence-corrected chi connectivity index (χ2v) is 4.95. The van der Waals surface area contributed by atoms with Crippen LogP contribution in [0.25, 0.3) is 0 Å². The highest BCUT2D eigenvalue weighted by Gasteiger charge is 2.51. The molecule has 3 unspecified atom stereocenters. The van der Waals surface area contributed by atoms with Gasteiger partial charge in [-0.3, -0.25) is 0 Å². The Labute approximate surface area is 74.5 Å². The summed E-state index contributed by atoms with van der Waals surface area (Å²) in [5.41, 5.74) is 0.390. The van der Waals surface area contributed by atoms with Crippen molar-refractivity contribution in [1.82, 2.24) is 0 Å². The summed E-state index contributed by atoms with van der Waals surface area (Å²) in [5.74, 6) is 1.98. The van der Waals surface area contributed by atoms with E-state index < -0.39 is 0 Å². The van der Waals surface area contributed by atoms with Crippen LogP contribution < -0.4 is 0 Å². The highest BCUT2D eigenvalue weighted by molar-refractivity contribution is 5.03. The summed E-state index contributed by atoms with van der Waals surface area (Å²) < 4.78 is 6.06. The molecular weight excluding hydrogens is 148 g/mol. The summed E-state index contributed by atoms with van der Waals surface area (Å²) in [4.78, 5) is 0. The zero-order chi connectivity index (χ0) is 8.02. The van der Waals surface area contributed by atoms with E-state index in [4.69, 9.17) is 4.74 Å². The van der Waals surface area contributed by atoms with Gasteiger partial charge in [0.1, 0.15) is 0 Å². The minimum atomic E-state index is 0.390. The monoisotopic (exact) mass is 166 g/mol. The van der Waals surface area contributed by atoms with Crippen molar-refractivity contribution in [3.8, 4) is 0 Å². The Balaban J connectivity index is 1.81. The Morgan fingerprint density at radius 2 is 2.17 bits per heavy atom. The standard InChI is InChI=1S/C11H18O/c1-2-6-12-11(5-1)8-9-3-4-10(11)7-9/h9-10H,1-8H2.